The Balaban J connectivity index is 3.03. The topological polar surface area (TPSA) is 29.5 Å². The molecule has 0 bridgehead atoms. The first-order valence-electron chi connectivity index (χ1n) is 4.23. The van der Waals surface area contributed by atoms with Gasteiger partial charge < -0.3 is 9.64 Å². The number of benzene rings is 1. The minimum atomic E-state index is -0.295. The van der Waals surface area contributed by atoms with Gasteiger partial charge in [-0.25, -0.2) is 0 Å². The van der Waals surface area contributed by atoms with E-state index in [1.54, 1.807) is 26.3 Å². The number of nitrogens with zero attached hydrogens (tertiary/aromatic N) is 1. The van der Waals surface area contributed by atoms with Crippen molar-refractivity contribution in [2.75, 3.05) is 19.1 Å². The number of hydrogen-bond donors (Lipinski definition) is 0. The summed E-state index contributed by atoms with van der Waals surface area (Å²) >= 11 is 2.89. The van der Waals surface area contributed by atoms with E-state index >= 15 is 0 Å². The van der Waals surface area contributed by atoms with Crippen molar-refractivity contribution in [2.24, 2.45) is 0 Å². The summed E-state index contributed by atoms with van der Waals surface area (Å²) in [5.41, 5.74) is 0.695. The molecule has 0 saturated carbocycles. The largest absolute Gasteiger partial charge is 0.495 e. The molecule has 1 amide bonds. The number of halogens is 1. The molecule has 0 N–H and O–H groups in total. The molecule has 0 aromatic heterocycles. The van der Waals surface area contributed by atoms with Crippen molar-refractivity contribution in [1.82, 2.24) is 0 Å². The molecule has 1 rings (SSSR count). The number of hydrogen-bond acceptors (Lipinski definition) is 2. The lowest BCUT2D eigenvalue weighted by Crippen LogP contribution is -2.24. The Labute approximate surface area is 97.2 Å². The normalized spacial score (nSPS) is 8.73. The van der Waals surface area contributed by atoms with E-state index in [1.807, 2.05) is 12.1 Å². The number of rotatable bonds is 2. The van der Waals surface area contributed by atoms with Crippen LogP contribution in [-0.4, -0.2) is 20.1 Å². The monoisotopic (exact) mass is 267 g/mol. The smallest absolute Gasteiger partial charge is 0.303 e. The van der Waals surface area contributed by atoms with Crippen LogP contribution in [0.1, 0.15) is 0 Å². The fourth-order valence-corrected chi connectivity index (χ4v) is 1.31. The quantitative estimate of drug-likeness (QED) is 0.768. The Morgan fingerprint density at radius 2 is 2.13 bits per heavy atom. The van der Waals surface area contributed by atoms with E-state index in [0.717, 1.165) is 0 Å². The highest BCUT2D eigenvalue weighted by molar-refractivity contribution is 9.12. The van der Waals surface area contributed by atoms with Crippen LogP contribution in [-0.2, 0) is 4.79 Å². The van der Waals surface area contributed by atoms with Gasteiger partial charge in [-0.2, -0.15) is 0 Å². The van der Waals surface area contributed by atoms with Crippen LogP contribution in [0.2, 0.25) is 0 Å². The van der Waals surface area contributed by atoms with E-state index in [0.29, 0.717) is 11.4 Å². The van der Waals surface area contributed by atoms with E-state index in [-0.39, 0.29) is 5.91 Å². The minimum Gasteiger partial charge on any atom is -0.495 e. The third-order valence-electron chi connectivity index (χ3n) is 1.91. The number of carbonyl (C=O) groups is 1. The third kappa shape index (κ3) is 2.74. The second kappa shape index (κ2) is 5.42. The van der Waals surface area contributed by atoms with E-state index in [1.165, 1.54) is 4.90 Å². The van der Waals surface area contributed by atoms with Crippen molar-refractivity contribution < 1.29 is 9.53 Å². The molecule has 0 atom stereocenters. The summed E-state index contributed by atoms with van der Waals surface area (Å²) in [6.07, 6.45) is 0. The second-order valence-electron chi connectivity index (χ2n) is 2.76. The molecule has 0 aliphatic rings. The van der Waals surface area contributed by atoms with Crippen LogP contribution in [0.5, 0.6) is 5.75 Å². The Hall–Kier alpha value is -1.47. The summed E-state index contributed by atoms with van der Waals surface area (Å²) in [6, 6.07) is 7.27. The highest BCUT2D eigenvalue weighted by Crippen LogP contribution is 2.26. The molecule has 78 valence electrons. The van der Waals surface area contributed by atoms with E-state index in [2.05, 4.69) is 26.7 Å². The van der Waals surface area contributed by atoms with Gasteiger partial charge in [0.05, 0.1) is 12.8 Å². The average molecular weight is 268 g/mol. The van der Waals surface area contributed by atoms with Gasteiger partial charge in [-0.05, 0) is 17.0 Å². The molecule has 15 heavy (non-hydrogen) atoms. The van der Waals surface area contributed by atoms with Crippen LogP contribution in [0.25, 0.3) is 0 Å². The molecule has 0 spiro atoms. The third-order valence-corrected chi connectivity index (χ3v) is 2.10. The molecular weight excluding hydrogens is 258 g/mol. The van der Waals surface area contributed by atoms with E-state index < -0.39 is 0 Å². The SMILES string of the molecule is COc1ccccc1N(C)C(=O)C#CBr. The summed E-state index contributed by atoms with van der Waals surface area (Å²) in [4.78, 5) is 15.3. The summed E-state index contributed by atoms with van der Waals surface area (Å²) < 4.78 is 5.14. The highest BCUT2D eigenvalue weighted by atomic mass is 79.9. The molecule has 1 aromatic carbocycles. The minimum absolute atomic E-state index is 0.295. The van der Waals surface area contributed by atoms with Gasteiger partial charge in [0, 0.05) is 28.9 Å². The van der Waals surface area contributed by atoms with Gasteiger partial charge >= 0.3 is 5.91 Å². The lowest BCUT2D eigenvalue weighted by molar-refractivity contribution is -0.113. The molecule has 0 aliphatic carbocycles. The van der Waals surface area contributed by atoms with Crippen molar-refractivity contribution in [3.05, 3.63) is 24.3 Å². The zero-order chi connectivity index (χ0) is 11.3. The summed E-state index contributed by atoms with van der Waals surface area (Å²) in [5, 5.41) is 0. The fourth-order valence-electron chi connectivity index (χ4n) is 1.14. The molecule has 0 radical (unpaired) electrons. The average Bonchev–Trinajstić information content (AvgIpc) is 2.28. The first kappa shape index (κ1) is 11.6. The molecule has 0 saturated heterocycles. The van der Waals surface area contributed by atoms with Gasteiger partial charge in [0.25, 0.3) is 0 Å². The Morgan fingerprint density at radius 3 is 2.73 bits per heavy atom. The number of anilines is 1. The number of ether oxygens (including phenoxy) is 1. The first-order valence-corrected chi connectivity index (χ1v) is 5.02. The maximum Gasteiger partial charge on any atom is 0.303 e. The zero-order valence-corrected chi connectivity index (χ0v) is 10.0. The maximum absolute atomic E-state index is 11.5. The van der Waals surface area contributed by atoms with Gasteiger partial charge in [0.2, 0.25) is 0 Å². The van der Waals surface area contributed by atoms with Crippen molar-refractivity contribution >= 4 is 27.5 Å². The van der Waals surface area contributed by atoms with Crippen LogP contribution in [0.4, 0.5) is 5.69 Å². The zero-order valence-electron chi connectivity index (χ0n) is 8.45. The fraction of sp³-hybridized carbons (Fsp3) is 0.182. The molecule has 4 heteroatoms. The predicted molar refractivity (Wildman–Crippen MR) is 63.1 cm³/mol. The Kier molecular flexibility index (Phi) is 4.19. The molecule has 0 heterocycles. The van der Waals surface area contributed by atoms with Crippen molar-refractivity contribution in [1.29, 1.82) is 0 Å². The predicted octanol–water partition coefficient (Wildman–Crippen LogP) is 2.01. The molecule has 3 nitrogen and oxygen atoms in total. The van der Waals surface area contributed by atoms with Gasteiger partial charge in [0.15, 0.2) is 0 Å². The highest BCUT2D eigenvalue weighted by Gasteiger charge is 2.12. The first-order chi connectivity index (χ1) is 7.20. The van der Waals surface area contributed by atoms with Gasteiger partial charge in [-0.15, -0.1) is 0 Å². The second-order valence-corrected chi connectivity index (χ2v) is 3.15. The maximum atomic E-state index is 11.5. The van der Waals surface area contributed by atoms with Crippen molar-refractivity contribution in [3.63, 3.8) is 0 Å². The number of para-hydroxylation sites is 2. The van der Waals surface area contributed by atoms with Crippen LogP contribution in [0.15, 0.2) is 24.3 Å². The van der Waals surface area contributed by atoms with E-state index in [4.69, 9.17) is 4.74 Å². The number of amides is 1. The lowest BCUT2D eigenvalue weighted by atomic mass is 10.2. The van der Waals surface area contributed by atoms with Gasteiger partial charge in [-0.3, -0.25) is 4.79 Å². The summed E-state index contributed by atoms with van der Waals surface area (Å²) in [5.74, 6) is 2.74. The molecule has 0 fully saturated rings. The van der Waals surface area contributed by atoms with Gasteiger partial charge in [-0.1, -0.05) is 12.1 Å². The van der Waals surface area contributed by atoms with Crippen molar-refractivity contribution in [3.8, 4) is 16.5 Å². The number of methoxy groups -OCH3 is 1. The molecule has 0 unspecified atom stereocenters. The van der Waals surface area contributed by atoms with Crippen LogP contribution < -0.4 is 9.64 Å². The summed E-state index contributed by atoms with van der Waals surface area (Å²) in [7, 11) is 3.21. The Bertz CT molecular complexity index is 420. The number of carbonyl (C=O) groups excluding carboxylic acids is 1. The Morgan fingerprint density at radius 1 is 1.47 bits per heavy atom. The lowest BCUT2D eigenvalue weighted by Gasteiger charge is -2.16. The molecular formula is C11H10BrNO2. The molecule has 0 aliphatic heterocycles. The van der Waals surface area contributed by atoms with Gasteiger partial charge in [0.1, 0.15) is 5.75 Å². The standard InChI is InChI=1S/C11H10BrNO2/c1-13(11(14)7-8-12)9-5-3-4-6-10(9)15-2/h3-6H,1-2H3. The van der Waals surface area contributed by atoms with Crippen molar-refractivity contribution in [2.45, 2.75) is 0 Å². The van der Waals surface area contributed by atoms with Crippen LogP contribution in [0, 0.1) is 10.8 Å². The van der Waals surface area contributed by atoms with Crippen LogP contribution in [0.3, 0.4) is 0 Å². The van der Waals surface area contributed by atoms with E-state index in [9.17, 15) is 4.79 Å². The molecule has 1 aromatic rings. The summed E-state index contributed by atoms with van der Waals surface area (Å²) in [6.45, 7) is 0. The van der Waals surface area contributed by atoms with Crippen LogP contribution >= 0.6 is 15.9 Å².